The van der Waals surface area contributed by atoms with E-state index in [4.69, 9.17) is 9.94 Å². The fourth-order valence-corrected chi connectivity index (χ4v) is 2.47. The van der Waals surface area contributed by atoms with Crippen LogP contribution in [0.25, 0.3) is 5.57 Å². The highest BCUT2D eigenvalue weighted by Crippen LogP contribution is 2.24. The largest absolute Gasteiger partial charge is 0.487 e. The number of ether oxygens (including phenoxy) is 1. The molecule has 1 aliphatic carbocycles. The molecule has 2 rings (SSSR count). The van der Waals surface area contributed by atoms with Gasteiger partial charge in [-0.15, -0.1) is 0 Å². The van der Waals surface area contributed by atoms with Crippen LogP contribution in [0.4, 0.5) is 0 Å². The summed E-state index contributed by atoms with van der Waals surface area (Å²) in [7, 11) is 0. The Kier molecular flexibility index (Phi) is 6.58. The second-order valence-corrected chi connectivity index (χ2v) is 5.71. The number of carbonyl (C=O) groups excluding carboxylic acids is 1. The monoisotopic (exact) mass is 325 g/mol. The van der Waals surface area contributed by atoms with Crippen molar-refractivity contribution in [3.8, 4) is 5.75 Å². The SMILES string of the molecule is CC(/C=C/C(=O)NO)=C\C(C)Oc1ccc(C2=CCCC=C2)cc1. The van der Waals surface area contributed by atoms with E-state index in [1.807, 2.05) is 32.1 Å². The Labute approximate surface area is 142 Å². The van der Waals surface area contributed by atoms with Crippen molar-refractivity contribution in [2.45, 2.75) is 32.8 Å². The van der Waals surface area contributed by atoms with E-state index in [-0.39, 0.29) is 6.10 Å². The van der Waals surface area contributed by atoms with Crippen molar-refractivity contribution in [3.05, 3.63) is 71.9 Å². The topological polar surface area (TPSA) is 58.6 Å². The van der Waals surface area contributed by atoms with Crippen LogP contribution in [0.5, 0.6) is 5.75 Å². The fraction of sp³-hybridized carbons (Fsp3) is 0.250. The summed E-state index contributed by atoms with van der Waals surface area (Å²) in [5, 5.41) is 8.44. The average molecular weight is 325 g/mol. The summed E-state index contributed by atoms with van der Waals surface area (Å²) >= 11 is 0. The fourth-order valence-electron chi connectivity index (χ4n) is 2.47. The highest BCUT2D eigenvalue weighted by atomic mass is 16.5. The first-order valence-electron chi connectivity index (χ1n) is 8.03. The summed E-state index contributed by atoms with van der Waals surface area (Å²) in [6.45, 7) is 3.80. The molecule has 0 spiro atoms. The van der Waals surface area contributed by atoms with Crippen LogP contribution >= 0.6 is 0 Å². The quantitative estimate of drug-likeness (QED) is 0.357. The molecule has 126 valence electrons. The van der Waals surface area contributed by atoms with Gasteiger partial charge in [0, 0.05) is 6.08 Å². The van der Waals surface area contributed by atoms with Crippen molar-refractivity contribution in [1.29, 1.82) is 0 Å². The summed E-state index contributed by atoms with van der Waals surface area (Å²) in [6.07, 6.45) is 13.5. The lowest BCUT2D eigenvalue weighted by Gasteiger charge is -2.13. The Morgan fingerprint density at radius 3 is 2.62 bits per heavy atom. The first-order valence-corrected chi connectivity index (χ1v) is 8.03. The van der Waals surface area contributed by atoms with Gasteiger partial charge >= 0.3 is 0 Å². The van der Waals surface area contributed by atoms with Gasteiger partial charge < -0.3 is 4.74 Å². The highest BCUT2D eigenvalue weighted by Gasteiger charge is 2.04. The second-order valence-electron chi connectivity index (χ2n) is 5.71. The molecule has 1 aromatic carbocycles. The molecule has 0 aromatic heterocycles. The standard InChI is InChI=1S/C20H23NO3/c1-15(8-13-20(22)21-23)14-16(2)24-19-11-9-18(10-12-19)17-6-4-3-5-7-17/h4,6-14,16,23H,3,5H2,1-2H3,(H,21,22)/b13-8+,15-14+. The van der Waals surface area contributed by atoms with Crippen LogP contribution in [-0.2, 0) is 4.79 Å². The molecule has 1 amide bonds. The Morgan fingerprint density at radius 2 is 2.00 bits per heavy atom. The smallest absolute Gasteiger partial charge is 0.267 e. The van der Waals surface area contributed by atoms with Gasteiger partial charge in [0.05, 0.1) is 0 Å². The van der Waals surface area contributed by atoms with Crippen molar-refractivity contribution in [2.24, 2.45) is 0 Å². The number of carbonyl (C=O) groups is 1. The molecule has 24 heavy (non-hydrogen) atoms. The minimum atomic E-state index is -0.557. The third-order valence-electron chi connectivity index (χ3n) is 3.61. The lowest BCUT2D eigenvalue weighted by Crippen LogP contribution is -2.15. The summed E-state index contributed by atoms with van der Waals surface area (Å²) in [6, 6.07) is 8.05. The van der Waals surface area contributed by atoms with E-state index in [0.29, 0.717) is 0 Å². The van der Waals surface area contributed by atoms with Crippen LogP contribution in [0.2, 0.25) is 0 Å². The molecule has 0 radical (unpaired) electrons. The first kappa shape index (κ1) is 17.8. The average Bonchev–Trinajstić information content (AvgIpc) is 2.61. The van der Waals surface area contributed by atoms with Crippen LogP contribution in [0.1, 0.15) is 32.3 Å². The van der Waals surface area contributed by atoms with E-state index in [0.717, 1.165) is 24.2 Å². The van der Waals surface area contributed by atoms with E-state index in [9.17, 15) is 4.79 Å². The lowest BCUT2D eigenvalue weighted by molar-refractivity contribution is -0.124. The zero-order valence-corrected chi connectivity index (χ0v) is 14.0. The molecule has 0 saturated heterocycles. The molecule has 0 aliphatic heterocycles. The molecular formula is C20H23NO3. The van der Waals surface area contributed by atoms with Crippen molar-refractivity contribution >= 4 is 11.5 Å². The van der Waals surface area contributed by atoms with Gasteiger partial charge in [-0.2, -0.15) is 0 Å². The van der Waals surface area contributed by atoms with Gasteiger partial charge in [-0.05, 0) is 56.0 Å². The van der Waals surface area contributed by atoms with Gasteiger partial charge in [0.25, 0.3) is 5.91 Å². The Balaban J connectivity index is 1.95. The lowest BCUT2D eigenvalue weighted by atomic mass is 10.00. The number of hydrogen-bond acceptors (Lipinski definition) is 3. The maximum absolute atomic E-state index is 10.9. The van der Waals surface area contributed by atoms with Gasteiger partial charge in [-0.1, -0.05) is 42.0 Å². The first-order chi connectivity index (χ1) is 11.6. The predicted octanol–water partition coefficient (Wildman–Crippen LogP) is 4.20. The molecule has 1 atom stereocenters. The molecule has 2 N–H and O–H groups in total. The molecule has 1 aromatic rings. The van der Waals surface area contributed by atoms with Crippen molar-refractivity contribution in [2.75, 3.05) is 0 Å². The molecule has 4 nitrogen and oxygen atoms in total. The molecule has 4 heteroatoms. The van der Waals surface area contributed by atoms with Crippen LogP contribution in [-0.4, -0.2) is 17.2 Å². The summed E-state index contributed by atoms with van der Waals surface area (Å²) in [5.41, 5.74) is 4.87. The molecule has 0 fully saturated rings. The number of hydrogen-bond donors (Lipinski definition) is 2. The minimum Gasteiger partial charge on any atom is -0.487 e. The Morgan fingerprint density at radius 1 is 1.25 bits per heavy atom. The highest BCUT2D eigenvalue weighted by molar-refractivity contribution is 5.86. The third kappa shape index (κ3) is 5.56. The number of hydroxylamine groups is 1. The van der Waals surface area contributed by atoms with Gasteiger partial charge in [0.15, 0.2) is 0 Å². The summed E-state index contributed by atoms with van der Waals surface area (Å²) in [4.78, 5) is 10.9. The van der Waals surface area contributed by atoms with Crippen LogP contribution in [0.3, 0.4) is 0 Å². The van der Waals surface area contributed by atoms with Crippen LogP contribution in [0.15, 0.2) is 66.3 Å². The zero-order valence-electron chi connectivity index (χ0n) is 14.0. The number of benzene rings is 1. The van der Waals surface area contributed by atoms with E-state index >= 15 is 0 Å². The second kappa shape index (κ2) is 8.89. The van der Waals surface area contributed by atoms with Crippen LogP contribution < -0.4 is 10.2 Å². The molecule has 0 heterocycles. The summed E-state index contributed by atoms with van der Waals surface area (Å²) < 4.78 is 5.86. The van der Waals surface area contributed by atoms with Crippen molar-refractivity contribution in [3.63, 3.8) is 0 Å². The van der Waals surface area contributed by atoms with Crippen LogP contribution in [0, 0.1) is 0 Å². The third-order valence-corrected chi connectivity index (χ3v) is 3.61. The molecule has 1 unspecified atom stereocenters. The van der Waals surface area contributed by atoms with Crippen molar-refractivity contribution in [1.82, 2.24) is 5.48 Å². The van der Waals surface area contributed by atoms with Gasteiger partial charge in [0.2, 0.25) is 0 Å². The van der Waals surface area contributed by atoms with E-state index < -0.39 is 5.91 Å². The number of nitrogens with one attached hydrogen (secondary N) is 1. The summed E-state index contributed by atoms with van der Waals surface area (Å²) in [5.74, 6) is 0.241. The van der Waals surface area contributed by atoms with E-state index in [2.05, 4.69) is 30.4 Å². The normalized spacial score (nSPS) is 16.0. The van der Waals surface area contributed by atoms with Gasteiger partial charge in [-0.25, -0.2) is 5.48 Å². The maximum Gasteiger partial charge on any atom is 0.267 e. The number of amides is 1. The molecule has 1 aliphatic rings. The Hall–Kier alpha value is -2.59. The molecular weight excluding hydrogens is 302 g/mol. The van der Waals surface area contributed by atoms with Gasteiger partial charge in [0.1, 0.15) is 11.9 Å². The molecule has 0 bridgehead atoms. The Bertz CT molecular complexity index is 681. The minimum absolute atomic E-state index is 0.133. The predicted molar refractivity (Wildman–Crippen MR) is 95.7 cm³/mol. The van der Waals surface area contributed by atoms with E-state index in [1.165, 1.54) is 17.2 Å². The number of rotatable bonds is 6. The zero-order chi connectivity index (χ0) is 17.4. The van der Waals surface area contributed by atoms with E-state index in [1.54, 1.807) is 11.6 Å². The van der Waals surface area contributed by atoms with Gasteiger partial charge in [-0.3, -0.25) is 10.0 Å². The maximum atomic E-state index is 10.9. The van der Waals surface area contributed by atoms with Crippen molar-refractivity contribution < 1.29 is 14.7 Å². The molecule has 0 saturated carbocycles. The number of allylic oxidation sites excluding steroid dienone is 6.